The summed E-state index contributed by atoms with van der Waals surface area (Å²) in [5, 5.41) is 0. The molecule has 0 rings (SSSR count). The summed E-state index contributed by atoms with van der Waals surface area (Å²) in [7, 11) is -2.08. The second kappa shape index (κ2) is 28.2. The van der Waals surface area contributed by atoms with Crippen LogP contribution in [0.1, 0.15) is 155 Å². The van der Waals surface area contributed by atoms with Crippen LogP contribution in [0.5, 0.6) is 0 Å². The van der Waals surface area contributed by atoms with E-state index >= 15 is 0 Å². The summed E-state index contributed by atoms with van der Waals surface area (Å²) < 4.78 is 21.8. The van der Waals surface area contributed by atoms with Crippen molar-refractivity contribution in [3.63, 3.8) is 0 Å². The second-order valence-electron chi connectivity index (χ2n) is 9.12. The molecule has 0 fully saturated rings. The van der Waals surface area contributed by atoms with Gasteiger partial charge in [-0.1, -0.05) is 129 Å². The molecule has 0 spiro atoms. The molecule has 0 aromatic rings. The summed E-state index contributed by atoms with van der Waals surface area (Å²) >= 11 is 0. The third-order valence-electron chi connectivity index (χ3n) is 5.93. The highest BCUT2D eigenvalue weighted by Gasteiger charge is 2.16. The first-order chi connectivity index (χ1) is 15.8. The average Bonchev–Trinajstić information content (AvgIpc) is 2.80. The summed E-state index contributed by atoms with van der Waals surface area (Å²) in [5.41, 5.74) is 0. The van der Waals surface area contributed by atoms with E-state index in [4.69, 9.17) is 9.05 Å². The molecule has 0 radical (unpaired) electrons. The van der Waals surface area contributed by atoms with Gasteiger partial charge in [-0.05, 0) is 37.8 Å². The Morgan fingerprint density at radius 1 is 0.469 bits per heavy atom. The monoisotopic (exact) mass is 469 g/mol. The fourth-order valence-electron chi connectivity index (χ4n) is 3.85. The van der Waals surface area contributed by atoms with Gasteiger partial charge in [0.15, 0.2) is 12.5 Å². The molecule has 0 aliphatic heterocycles. The van der Waals surface area contributed by atoms with E-state index in [9.17, 15) is 4.57 Å². The van der Waals surface area contributed by atoms with Crippen LogP contribution in [-0.4, -0.2) is 0 Å². The number of hydrogen-bond donors (Lipinski definition) is 0. The number of rotatable bonds is 26. The standard InChI is InChI=1S/C28H54O3P/c1-3-5-7-9-11-13-15-17-19-21-23-25-27-30-32(29)31-28-26-24-22-20-18-16-14-12-10-8-6-4-2/h25-28H,3-24H2,1-2H3/q+1/b27-25+,28-26+. The van der Waals surface area contributed by atoms with Gasteiger partial charge in [0, 0.05) is 4.57 Å². The lowest BCUT2D eigenvalue weighted by atomic mass is 10.1. The quantitative estimate of drug-likeness (QED) is 0.0717. The Hall–Kier alpha value is -0.820. The summed E-state index contributed by atoms with van der Waals surface area (Å²) in [5.74, 6) is 0. The van der Waals surface area contributed by atoms with Gasteiger partial charge in [0.1, 0.15) is 0 Å². The zero-order valence-electron chi connectivity index (χ0n) is 21.5. The zero-order valence-corrected chi connectivity index (χ0v) is 22.4. The summed E-state index contributed by atoms with van der Waals surface area (Å²) in [6, 6.07) is 0. The first-order valence-electron chi connectivity index (χ1n) is 13.9. The molecule has 0 aromatic heterocycles. The van der Waals surface area contributed by atoms with Gasteiger partial charge in [0.05, 0.1) is 0 Å². The molecular weight excluding hydrogens is 415 g/mol. The van der Waals surface area contributed by atoms with Gasteiger partial charge in [0.25, 0.3) is 0 Å². The molecule has 188 valence electrons. The SMILES string of the molecule is CCCCCCCCCCCC/C=C/O[P+](=O)O/C=C/CCCCCCCCCCCC. The van der Waals surface area contributed by atoms with E-state index in [1.54, 1.807) is 0 Å². The van der Waals surface area contributed by atoms with Crippen molar-refractivity contribution in [3.05, 3.63) is 24.7 Å². The number of allylic oxidation sites excluding steroid dienone is 2. The van der Waals surface area contributed by atoms with Crippen molar-refractivity contribution in [3.8, 4) is 0 Å². The highest BCUT2D eigenvalue weighted by atomic mass is 31.1. The van der Waals surface area contributed by atoms with Crippen LogP contribution in [-0.2, 0) is 13.6 Å². The van der Waals surface area contributed by atoms with Gasteiger partial charge in [-0.3, -0.25) is 0 Å². The van der Waals surface area contributed by atoms with Gasteiger partial charge < -0.3 is 0 Å². The van der Waals surface area contributed by atoms with Crippen LogP contribution in [0.3, 0.4) is 0 Å². The topological polar surface area (TPSA) is 35.5 Å². The first-order valence-corrected chi connectivity index (χ1v) is 15.0. The van der Waals surface area contributed by atoms with Crippen LogP contribution in [0.4, 0.5) is 0 Å². The normalized spacial score (nSPS) is 11.6. The van der Waals surface area contributed by atoms with Gasteiger partial charge in [-0.25, -0.2) is 9.05 Å². The van der Waals surface area contributed by atoms with Crippen LogP contribution < -0.4 is 0 Å². The molecule has 0 aliphatic rings. The van der Waals surface area contributed by atoms with E-state index in [1.807, 2.05) is 12.2 Å². The predicted molar refractivity (Wildman–Crippen MR) is 141 cm³/mol. The molecule has 3 nitrogen and oxygen atoms in total. The minimum Gasteiger partial charge on any atom is -0.231 e. The van der Waals surface area contributed by atoms with E-state index in [0.29, 0.717) is 0 Å². The van der Waals surface area contributed by atoms with Crippen molar-refractivity contribution in [2.24, 2.45) is 0 Å². The lowest BCUT2D eigenvalue weighted by Crippen LogP contribution is -1.81. The maximum absolute atomic E-state index is 11.6. The Bertz CT molecular complexity index is 396. The highest BCUT2D eigenvalue weighted by molar-refractivity contribution is 7.33. The van der Waals surface area contributed by atoms with Gasteiger partial charge in [0.2, 0.25) is 0 Å². The Balaban J connectivity index is 3.31. The smallest absolute Gasteiger partial charge is 0.231 e. The second-order valence-corrected chi connectivity index (χ2v) is 9.99. The van der Waals surface area contributed by atoms with Crippen molar-refractivity contribution in [1.82, 2.24) is 0 Å². The minimum atomic E-state index is -2.08. The van der Waals surface area contributed by atoms with E-state index in [0.717, 1.165) is 12.8 Å². The first kappa shape index (κ1) is 31.2. The van der Waals surface area contributed by atoms with Crippen molar-refractivity contribution in [2.75, 3.05) is 0 Å². The predicted octanol–water partition coefficient (Wildman–Crippen LogP) is 11.3. The molecule has 0 amide bonds. The number of unbranched alkanes of at least 4 members (excludes halogenated alkanes) is 20. The lowest BCUT2D eigenvalue weighted by molar-refractivity contribution is 0.354. The molecule has 32 heavy (non-hydrogen) atoms. The molecule has 0 aliphatic carbocycles. The molecular formula is C28H54O3P+. The van der Waals surface area contributed by atoms with Gasteiger partial charge in [-0.15, -0.1) is 0 Å². The highest BCUT2D eigenvalue weighted by Crippen LogP contribution is 2.24. The van der Waals surface area contributed by atoms with E-state index in [2.05, 4.69) is 13.8 Å². The Labute approximate surface area is 201 Å². The van der Waals surface area contributed by atoms with Crippen molar-refractivity contribution in [2.45, 2.75) is 155 Å². The van der Waals surface area contributed by atoms with Crippen LogP contribution >= 0.6 is 8.25 Å². The number of hydrogen-bond acceptors (Lipinski definition) is 3. The minimum absolute atomic E-state index is 0.980. The maximum Gasteiger partial charge on any atom is 0.804 e. The molecule has 0 heterocycles. The third kappa shape index (κ3) is 27.2. The van der Waals surface area contributed by atoms with Crippen LogP contribution in [0.25, 0.3) is 0 Å². The Morgan fingerprint density at radius 3 is 1.06 bits per heavy atom. The summed E-state index contributed by atoms with van der Waals surface area (Å²) in [4.78, 5) is 0. The molecule has 0 unspecified atom stereocenters. The van der Waals surface area contributed by atoms with Crippen molar-refractivity contribution < 1.29 is 13.6 Å². The van der Waals surface area contributed by atoms with Crippen LogP contribution in [0.2, 0.25) is 0 Å². The van der Waals surface area contributed by atoms with Crippen LogP contribution in [0.15, 0.2) is 24.7 Å². The van der Waals surface area contributed by atoms with Gasteiger partial charge in [-0.2, -0.15) is 0 Å². The molecule has 0 bridgehead atoms. The maximum atomic E-state index is 11.6. The van der Waals surface area contributed by atoms with Crippen molar-refractivity contribution in [1.29, 1.82) is 0 Å². The van der Waals surface area contributed by atoms with Crippen LogP contribution in [0, 0.1) is 0 Å². The average molecular weight is 470 g/mol. The summed E-state index contributed by atoms with van der Waals surface area (Å²) in [6.07, 6.45) is 35.8. The fraction of sp³-hybridized carbons (Fsp3) is 0.857. The molecule has 0 saturated heterocycles. The Kier molecular flexibility index (Phi) is 27.5. The molecule has 0 aromatic carbocycles. The van der Waals surface area contributed by atoms with E-state index in [1.165, 1.54) is 141 Å². The van der Waals surface area contributed by atoms with Crippen molar-refractivity contribution >= 4 is 8.25 Å². The Morgan fingerprint density at radius 2 is 0.750 bits per heavy atom. The van der Waals surface area contributed by atoms with E-state index in [-0.39, 0.29) is 0 Å². The molecule has 0 saturated carbocycles. The zero-order chi connectivity index (χ0) is 23.4. The largest absolute Gasteiger partial charge is 0.804 e. The van der Waals surface area contributed by atoms with E-state index < -0.39 is 8.25 Å². The molecule has 0 N–H and O–H groups in total. The molecule has 4 heteroatoms. The summed E-state index contributed by atoms with van der Waals surface area (Å²) in [6.45, 7) is 4.53. The molecule has 0 atom stereocenters. The fourth-order valence-corrected chi connectivity index (χ4v) is 4.27. The lowest BCUT2D eigenvalue weighted by Gasteiger charge is -2.01. The van der Waals surface area contributed by atoms with Gasteiger partial charge >= 0.3 is 8.25 Å². The third-order valence-corrected chi connectivity index (χ3v) is 6.52.